The van der Waals surface area contributed by atoms with Crippen molar-refractivity contribution in [2.45, 2.75) is 29.7 Å². The lowest BCUT2D eigenvalue weighted by molar-refractivity contribution is -0.113. The highest BCUT2D eigenvalue weighted by atomic mass is 32.2. The summed E-state index contributed by atoms with van der Waals surface area (Å²) in [6, 6.07) is 19.5. The van der Waals surface area contributed by atoms with Gasteiger partial charge in [-0.15, -0.1) is 11.8 Å². The number of hydrogen-bond donors (Lipinski definition) is 2. The van der Waals surface area contributed by atoms with E-state index < -0.39 is 0 Å². The number of benzene rings is 2. The van der Waals surface area contributed by atoms with Gasteiger partial charge in [0.2, 0.25) is 5.91 Å². The Balaban J connectivity index is 1.92. The number of hydrogen-bond acceptors (Lipinski definition) is 7. The van der Waals surface area contributed by atoms with E-state index in [1.54, 1.807) is 11.8 Å². The average molecular weight is 474 g/mol. The zero-order chi connectivity index (χ0) is 24.0. The van der Waals surface area contributed by atoms with Crippen molar-refractivity contribution in [2.75, 3.05) is 23.1 Å². The van der Waals surface area contributed by atoms with Gasteiger partial charge in [-0.25, -0.2) is 4.98 Å². The maximum Gasteiger partial charge on any atom is 0.234 e. The van der Waals surface area contributed by atoms with E-state index in [0.717, 1.165) is 27.9 Å². The van der Waals surface area contributed by atoms with Gasteiger partial charge in [0.1, 0.15) is 28.5 Å². The number of nitrogens with one attached hydrogen (secondary N) is 1. The fraction of sp³-hybridized carbons (Fsp3) is 0.200. The highest BCUT2D eigenvalue weighted by Crippen LogP contribution is 2.36. The molecule has 0 spiro atoms. The first kappa shape index (κ1) is 24.2. The van der Waals surface area contributed by atoms with Gasteiger partial charge in [0.25, 0.3) is 0 Å². The van der Waals surface area contributed by atoms with Gasteiger partial charge in [-0.1, -0.05) is 62.0 Å². The maximum atomic E-state index is 12.6. The van der Waals surface area contributed by atoms with E-state index in [-0.39, 0.29) is 28.6 Å². The molecule has 1 amide bonds. The zero-order valence-electron chi connectivity index (χ0n) is 18.5. The molecule has 0 atom stereocenters. The third-order valence-corrected chi connectivity index (χ3v) is 6.77. The van der Waals surface area contributed by atoms with Gasteiger partial charge in [-0.05, 0) is 35.4 Å². The van der Waals surface area contributed by atoms with Crippen LogP contribution in [0.25, 0.3) is 11.1 Å². The second kappa shape index (κ2) is 10.9. The van der Waals surface area contributed by atoms with Gasteiger partial charge >= 0.3 is 0 Å². The van der Waals surface area contributed by atoms with Gasteiger partial charge in [0.05, 0.1) is 17.0 Å². The van der Waals surface area contributed by atoms with Crippen molar-refractivity contribution in [3.05, 3.63) is 65.2 Å². The number of nitrogens with two attached hydrogens (primary N) is 1. The first-order valence-corrected chi connectivity index (χ1v) is 12.4. The number of anilines is 2. The number of carbonyl (C=O) groups excluding carboxylic acids is 1. The second-order valence-corrected chi connectivity index (χ2v) is 9.28. The largest absolute Gasteiger partial charge is 0.383 e. The minimum absolute atomic E-state index is 0.0371. The predicted molar refractivity (Wildman–Crippen MR) is 135 cm³/mol. The Labute approximate surface area is 202 Å². The molecule has 0 bridgehead atoms. The first-order chi connectivity index (χ1) is 15.9. The second-order valence-electron chi connectivity index (χ2n) is 7.46. The van der Waals surface area contributed by atoms with Crippen LogP contribution >= 0.6 is 23.5 Å². The van der Waals surface area contributed by atoms with Crippen LogP contribution in [0.1, 0.15) is 36.5 Å². The molecule has 3 N–H and O–H groups in total. The highest BCUT2D eigenvalue weighted by Gasteiger charge is 2.21. The standard InChI is InChI=1S/C25H23N5OS2/c1-15(2)16-8-10-17(11-9-16)23-18(12-26)24(28)30-25(19(23)13-27)33-14-22(31)29-20-6-4-5-7-21(20)32-3/h4-11,15H,14H2,1-3H3,(H2,28,30)(H,29,31). The van der Waals surface area contributed by atoms with Crippen molar-refractivity contribution in [1.82, 2.24) is 4.98 Å². The van der Waals surface area contributed by atoms with Crippen molar-refractivity contribution < 1.29 is 4.79 Å². The van der Waals surface area contributed by atoms with Crippen molar-refractivity contribution >= 4 is 40.9 Å². The summed E-state index contributed by atoms with van der Waals surface area (Å²) in [5.74, 6) is 0.211. The molecule has 0 fully saturated rings. The van der Waals surface area contributed by atoms with Gasteiger partial charge in [0.15, 0.2) is 0 Å². The molecule has 166 valence electrons. The van der Waals surface area contributed by atoms with Gasteiger partial charge in [-0.3, -0.25) is 4.79 Å². The maximum absolute atomic E-state index is 12.6. The molecule has 1 aromatic heterocycles. The Morgan fingerprint density at radius 2 is 1.76 bits per heavy atom. The molecule has 0 unspecified atom stereocenters. The predicted octanol–water partition coefficient (Wildman–Crippen LogP) is 5.65. The summed E-state index contributed by atoms with van der Waals surface area (Å²) in [5, 5.41) is 22.8. The molecule has 0 aliphatic heterocycles. The van der Waals surface area contributed by atoms with Crippen LogP contribution in [0.2, 0.25) is 0 Å². The molecule has 0 radical (unpaired) electrons. The topological polar surface area (TPSA) is 116 Å². The number of pyridine rings is 1. The molecule has 0 saturated heterocycles. The molecule has 2 aromatic carbocycles. The van der Waals surface area contributed by atoms with Crippen molar-refractivity contribution in [1.29, 1.82) is 10.5 Å². The van der Waals surface area contributed by atoms with Crippen LogP contribution in [0.4, 0.5) is 11.5 Å². The lowest BCUT2D eigenvalue weighted by Crippen LogP contribution is -2.15. The third kappa shape index (κ3) is 5.48. The Morgan fingerprint density at radius 1 is 1.09 bits per heavy atom. The number of para-hydroxylation sites is 1. The van der Waals surface area contributed by atoms with Crippen molar-refractivity contribution in [3.63, 3.8) is 0 Å². The lowest BCUT2D eigenvalue weighted by atomic mass is 9.94. The number of nitrogens with zero attached hydrogens (tertiary/aromatic N) is 3. The van der Waals surface area contributed by atoms with E-state index in [1.165, 1.54) is 0 Å². The number of thioether (sulfide) groups is 2. The zero-order valence-corrected chi connectivity index (χ0v) is 20.2. The molecule has 0 saturated carbocycles. The van der Waals surface area contributed by atoms with E-state index in [9.17, 15) is 15.3 Å². The number of carbonyl (C=O) groups is 1. The average Bonchev–Trinajstić information content (AvgIpc) is 2.82. The number of amides is 1. The quantitative estimate of drug-likeness (QED) is 0.426. The molecule has 0 aliphatic rings. The fourth-order valence-electron chi connectivity index (χ4n) is 3.29. The summed E-state index contributed by atoms with van der Waals surface area (Å²) < 4.78 is 0. The smallest absolute Gasteiger partial charge is 0.234 e. The van der Waals surface area contributed by atoms with E-state index in [2.05, 4.69) is 36.3 Å². The van der Waals surface area contributed by atoms with E-state index in [4.69, 9.17) is 5.73 Å². The molecular formula is C25H23N5OS2. The van der Waals surface area contributed by atoms with E-state index in [0.29, 0.717) is 22.1 Å². The summed E-state index contributed by atoms with van der Waals surface area (Å²) in [6.45, 7) is 4.19. The van der Waals surface area contributed by atoms with Gasteiger partial charge in [0, 0.05) is 10.5 Å². The molecule has 0 aliphatic carbocycles. The van der Waals surface area contributed by atoms with Crippen molar-refractivity contribution in [3.8, 4) is 23.3 Å². The molecule has 3 rings (SSSR count). The van der Waals surface area contributed by atoms with Crippen LogP contribution < -0.4 is 11.1 Å². The van der Waals surface area contributed by atoms with E-state index in [1.807, 2.05) is 54.8 Å². The van der Waals surface area contributed by atoms with Crippen LogP contribution in [-0.4, -0.2) is 22.9 Å². The van der Waals surface area contributed by atoms with Crippen LogP contribution in [0.15, 0.2) is 58.5 Å². The van der Waals surface area contributed by atoms with Crippen LogP contribution in [0.5, 0.6) is 0 Å². The van der Waals surface area contributed by atoms with Gasteiger partial charge < -0.3 is 11.1 Å². The number of rotatable bonds is 7. The minimum atomic E-state index is -0.224. The number of nitrogen functional groups attached to an aromatic ring is 1. The SMILES string of the molecule is CSc1ccccc1NC(=O)CSc1nc(N)c(C#N)c(-c2ccc(C(C)C)cc2)c1C#N. The van der Waals surface area contributed by atoms with Crippen LogP contribution in [0.3, 0.4) is 0 Å². The molecule has 33 heavy (non-hydrogen) atoms. The van der Waals surface area contributed by atoms with Crippen molar-refractivity contribution in [2.24, 2.45) is 0 Å². The number of nitriles is 2. The molecule has 1 heterocycles. The summed E-state index contributed by atoms with van der Waals surface area (Å²) in [5.41, 5.74) is 9.51. The third-order valence-electron chi connectivity index (χ3n) is 5.00. The first-order valence-electron chi connectivity index (χ1n) is 10.2. The monoisotopic (exact) mass is 473 g/mol. The van der Waals surface area contributed by atoms with E-state index >= 15 is 0 Å². The summed E-state index contributed by atoms with van der Waals surface area (Å²) >= 11 is 2.66. The number of aromatic nitrogens is 1. The van der Waals surface area contributed by atoms with Crippen LogP contribution in [0, 0.1) is 22.7 Å². The Bertz CT molecular complexity index is 1260. The Hall–Kier alpha value is -3.46. The van der Waals surface area contributed by atoms with Crippen LogP contribution in [-0.2, 0) is 4.79 Å². The minimum Gasteiger partial charge on any atom is -0.383 e. The molecular weight excluding hydrogens is 450 g/mol. The summed E-state index contributed by atoms with van der Waals surface area (Å²) in [6.07, 6.45) is 1.94. The fourth-order valence-corrected chi connectivity index (χ4v) is 4.64. The molecule has 6 nitrogen and oxygen atoms in total. The molecule has 3 aromatic rings. The summed E-state index contributed by atoms with van der Waals surface area (Å²) in [4.78, 5) is 17.8. The summed E-state index contributed by atoms with van der Waals surface area (Å²) in [7, 11) is 0. The lowest BCUT2D eigenvalue weighted by Gasteiger charge is -2.14. The van der Waals surface area contributed by atoms with Gasteiger partial charge in [-0.2, -0.15) is 10.5 Å². The normalized spacial score (nSPS) is 10.5. The Morgan fingerprint density at radius 3 is 2.36 bits per heavy atom. The highest BCUT2D eigenvalue weighted by molar-refractivity contribution is 8.00. The molecule has 8 heteroatoms. The Kier molecular flexibility index (Phi) is 8.00.